The quantitative estimate of drug-likeness (QED) is 0.354. The Morgan fingerprint density at radius 2 is 1.91 bits per heavy atom. The number of aliphatic carboxylic acids is 1. The number of carbonyl (C=O) groups excluding carboxylic acids is 1. The second-order valence-electron chi connectivity index (χ2n) is 8.26. The molecule has 1 heterocycles. The Morgan fingerprint density at radius 1 is 1.21 bits per heavy atom. The number of carboxylic acid groups (broad SMARTS) is 1. The lowest BCUT2D eigenvalue weighted by Gasteiger charge is -2.34. The number of piperidine rings is 1. The largest absolute Gasteiger partial charge is 0.481 e. The lowest BCUT2D eigenvalue weighted by Crippen LogP contribution is -2.48. The van der Waals surface area contributed by atoms with Crippen LogP contribution in [-0.2, 0) is 9.59 Å². The van der Waals surface area contributed by atoms with Crippen molar-refractivity contribution < 1.29 is 24.7 Å². The molecule has 33 heavy (non-hydrogen) atoms. The molecule has 1 aliphatic rings. The smallest absolute Gasteiger partial charge is 0.310 e. The number of benzene rings is 2. The van der Waals surface area contributed by atoms with Gasteiger partial charge in [-0.1, -0.05) is 56.5 Å². The van der Waals surface area contributed by atoms with Crippen molar-refractivity contribution in [2.75, 3.05) is 13.1 Å². The van der Waals surface area contributed by atoms with Crippen LogP contribution >= 0.6 is 11.8 Å². The first-order valence-corrected chi connectivity index (χ1v) is 11.4. The molecule has 0 saturated carbocycles. The van der Waals surface area contributed by atoms with Gasteiger partial charge in [-0.3, -0.25) is 19.7 Å². The predicted octanol–water partition coefficient (Wildman–Crippen LogP) is 4.18. The van der Waals surface area contributed by atoms with E-state index in [0.29, 0.717) is 10.5 Å². The van der Waals surface area contributed by atoms with Crippen molar-refractivity contribution >= 4 is 34.9 Å². The van der Waals surface area contributed by atoms with Crippen LogP contribution in [0.25, 0.3) is 5.57 Å². The molecule has 0 aromatic heterocycles. The van der Waals surface area contributed by atoms with Gasteiger partial charge in [-0.2, -0.15) is 0 Å². The molecule has 0 bridgehead atoms. The average molecular weight is 471 g/mol. The van der Waals surface area contributed by atoms with Gasteiger partial charge in [0.15, 0.2) is 0 Å². The Balaban J connectivity index is 1.86. The van der Waals surface area contributed by atoms with E-state index in [9.17, 15) is 29.9 Å². The Labute approximate surface area is 196 Å². The molecule has 9 heteroatoms. The fourth-order valence-electron chi connectivity index (χ4n) is 3.78. The average Bonchev–Trinajstić information content (AvgIpc) is 2.78. The van der Waals surface area contributed by atoms with Crippen LogP contribution in [-0.4, -0.2) is 51.1 Å². The van der Waals surface area contributed by atoms with E-state index < -0.39 is 28.8 Å². The van der Waals surface area contributed by atoms with E-state index in [0.717, 1.165) is 10.5 Å². The summed E-state index contributed by atoms with van der Waals surface area (Å²) in [6.45, 7) is 7.97. The van der Waals surface area contributed by atoms with Gasteiger partial charge in [0.1, 0.15) is 5.92 Å². The van der Waals surface area contributed by atoms with Crippen molar-refractivity contribution in [3.63, 3.8) is 0 Å². The number of hydrogen-bond acceptors (Lipinski definition) is 6. The van der Waals surface area contributed by atoms with E-state index in [4.69, 9.17) is 0 Å². The molecule has 2 unspecified atom stereocenters. The first-order chi connectivity index (χ1) is 15.6. The lowest BCUT2D eigenvalue weighted by molar-refractivity contribution is -0.387. The van der Waals surface area contributed by atoms with Crippen LogP contribution in [0.4, 0.5) is 5.69 Å². The van der Waals surface area contributed by atoms with Crippen molar-refractivity contribution in [1.82, 2.24) is 4.90 Å². The van der Waals surface area contributed by atoms with E-state index in [1.165, 1.54) is 22.7 Å². The van der Waals surface area contributed by atoms with Gasteiger partial charge in [0, 0.05) is 29.6 Å². The van der Waals surface area contributed by atoms with Crippen LogP contribution in [0.3, 0.4) is 0 Å². The van der Waals surface area contributed by atoms with E-state index in [2.05, 4.69) is 20.4 Å². The zero-order valence-corrected chi connectivity index (χ0v) is 19.2. The molecule has 2 aromatic rings. The Hall–Kier alpha value is -3.17. The Kier molecular flexibility index (Phi) is 7.55. The third-order valence-corrected chi connectivity index (χ3v) is 6.86. The highest BCUT2D eigenvalue weighted by Crippen LogP contribution is 2.39. The second kappa shape index (κ2) is 10.2. The number of hydrogen-bond donors (Lipinski definition) is 2. The number of nitrogens with zero attached hydrogens (tertiary/aromatic N) is 2. The lowest BCUT2D eigenvalue weighted by atomic mass is 9.94. The van der Waals surface area contributed by atoms with Crippen molar-refractivity contribution in [3.05, 3.63) is 70.3 Å². The van der Waals surface area contributed by atoms with E-state index in [1.54, 1.807) is 12.1 Å². The zero-order valence-electron chi connectivity index (χ0n) is 18.4. The van der Waals surface area contributed by atoms with Gasteiger partial charge in [0.05, 0.1) is 15.9 Å². The second-order valence-corrected chi connectivity index (χ2v) is 9.35. The minimum Gasteiger partial charge on any atom is -0.481 e. The molecule has 1 aliphatic heterocycles. The van der Waals surface area contributed by atoms with Gasteiger partial charge in [0.25, 0.3) is 11.6 Å². The minimum atomic E-state index is -1.18. The summed E-state index contributed by atoms with van der Waals surface area (Å²) in [5, 5.41) is 31.0. The molecule has 174 valence electrons. The maximum Gasteiger partial charge on any atom is 0.310 e. The van der Waals surface area contributed by atoms with Gasteiger partial charge in [-0.25, -0.2) is 0 Å². The summed E-state index contributed by atoms with van der Waals surface area (Å²) < 4.78 is 0. The number of aliphatic hydroxyl groups excluding tert-OH is 1. The fourth-order valence-corrected chi connectivity index (χ4v) is 4.96. The molecule has 2 N–H and O–H groups in total. The van der Waals surface area contributed by atoms with Crippen LogP contribution in [0.15, 0.2) is 58.8 Å². The zero-order chi connectivity index (χ0) is 24.3. The summed E-state index contributed by atoms with van der Waals surface area (Å²) in [6.07, 6.45) is -0.882. The van der Waals surface area contributed by atoms with Crippen LogP contribution < -0.4 is 0 Å². The van der Waals surface area contributed by atoms with E-state index in [-0.39, 0.29) is 36.7 Å². The van der Waals surface area contributed by atoms with Crippen LogP contribution in [0.2, 0.25) is 0 Å². The Bertz CT molecular complexity index is 1100. The minimum absolute atomic E-state index is 0.0396. The molecular weight excluding hydrogens is 444 g/mol. The molecule has 0 aliphatic carbocycles. The summed E-state index contributed by atoms with van der Waals surface area (Å²) in [5.74, 6) is -2.51. The monoisotopic (exact) mass is 470 g/mol. The molecule has 3 rings (SSSR count). The SMILES string of the molecule is C=C(C(=O)N1CCC(O)C(C(=O)O)C1)c1ccc(Sc2ccccc2C(C)C)c([N+](=O)[O-])c1. The van der Waals surface area contributed by atoms with Gasteiger partial charge in [0.2, 0.25) is 0 Å². The van der Waals surface area contributed by atoms with Gasteiger partial charge < -0.3 is 15.1 Å². The van der Waals surface area contributed by atoms with Crippen molar-refractivity contribution in [2.45, 2.75) is 42.1 Å². The molecule has 1 saturated heterocycles. The molecule has 0 spiro atoms. The third-order valence-electron chi connectivity index (χ3n) is 5.70. The molecule has 0 radical (unpaired) electrons. The number of carboxylic acids is 1. The summed E-state index contributed by atoms with van der Waals surface area (Å²) in [7, 11) is 0. The highest BCUT2D eigenvalue weighted by Gasteiger charge is 2.35. The molecule has 1 amide bonds. The third kappa shape index (κ3) is 5.43. The topological polar surface area (TPSA) is 121 Å². The number of rotatable bonds is 7. The number of nitro benzene ring substituents is 1. The van der Waals surface area contributed by atoms with Crippen LogP contribution in [0, 0.1) is 16.0 Å². The highest BCUT2D eigenvalue weighted by molar-refractivity contribution is 7.99. The molecule has 2 atom stereocenters. The first-order valence-electron chi connectivity index (χ1n) is 10.5. The van der Waals surface area contributed by atoms with E-state index in [1.807, 2.05) is 24.3 Å². The van der Waals surface area contributed by atoms with Crippen LogP contribution in [0.1, 0.15) is 37.3 Å². The standard InChI is InChI=1S/C24H26N2O6S/c1-14(2)17-6-4-5-7-21(17)33-22-9-8-16(12-19(22)26(31)32)15(3)23(28)25-11-10-20(27)18(13-25)24(29)30/h4-9,12,14,18,20,27H,3,10-11,13H2,1-2H3,(H,29,30). The number of carbonyl (C=O) groups is 2. The summed E-state index contributed by atoms with van der Waals surface area (Å²) in [4.78, 5) is 38.3. The number of nitro groups is 1. The molecular formula is C24H26N2O6S. The van der Waals surface area contributed by atoms with Gasteiger partial charge in [-0.05, 0) is 35.6 Å². The van der Waals surface area contributed by atoms with Crippen molar-refractivity contribution in [2.24, 2.45) is 5.92 Å². The first kappa shape index (κ1) is 24.5. The summed E-state index contributed by atoms with van der Waals surface area (Å²) in [5.41, 5.74) is 1.28. The molecule has 1 fully saturated rings. The van der Waals surface area contributed by atoms with Gasteiger partial charge in [-0.15, -0.1) is 0 Å². The van der Waals surface area contributed by atoms with E-state index >= 15 is 0 Å². The predicted molar refractivity (Wildman–Crippen MR) is 125 cm³/mol. The Morgan fingerprint density at radius 3 is 2.55 bits per heavy atom. The van der Waals surface area contributed by atoms with Crippen molar-refractivity contribution in [3.8, 4) is 0 Å². The fraction of sp³-hybridized carbons (Fsp3) is 0.333. The molecule has 2 aromatic carbocycles. The maximum atomic E-state index is 12.9. The molecule has 8 nitrogen and oxygen atoms in total. The normalized spacial score (nSPS) is 18.2. The van der Waals surface area contributed by atoms with Crippen LogP contribution in [0.5, 0.6) is 0 Å². The number of amides is 1. The maximum absolute atomic E-state index is 12.9. The number of aliphatic hydroxyl groups is 1. The summed E-state index contributed by atoms with van der Waals surface area (Å²) >= 11 is 1.30. The van der Waals surface area contributed by atoms with Crippen molar-refractivity contribution in [1.29, 1.82) is 0 Å². The highest BCUT2D eigenvalue weighted by atomic mass is 32.2. The number of likely N-dealkylation sites (tertiary alicyclic amines) is 1. The summed E-state index contributed by atoms with van der Waals surface area (Å²) in [6, 6.07) is 12.3. The van der Waals surface area contributed by atoms with Gasteiger partial charge >= 0.3 is 5.97 Å².